The van der Waals surface area contributed by atoms with Crippen molar-refractivity contribution in [3.05, 3.63) is 59.3 Å². The third kappa shape index (κ3) is 8.02. The molecule has 0 saturated carbocycles. The van der Waals surface area contributed by atoms with E-state index in [0.717, 1.165) is 18.8 Å². The van der Waals surface area contributed by atoms with Crippen LogP contribution in [0.1, 0.15) is 43.0 Å². The second-order valence-electron chi connectivity index (χ2n) is 7.88. The number of guanidine groups is 1. The Morgan fingerprint density at radius 2 is 1.81 bits per heavy atom. The van der Waals surface area contributed by atoms with Gasteiger partial charge in [0.05, 0.1) is 6.54 Å². The summed E-state index contributed by atoms with van der Waals surface area (Å²) in [6.07, 6.45) is 2.97. The Labute approximate surface area is 185 Å². The third-order valence-corrected chi connectivity index (χ3v) is 5.19. The molecule has 0 radical (unpaired) electrons. The van der Waals surface area contributed by atoms with Crippen LogP contribution in [0.2, 0.25) is 0 Å². The van der Waals surface area contributed by atoms with Gasteiger partial charge in [-0.25, -0.2) is 9.98 Å². The highest BCUT2D eigenvalue weighted by atomic mass is 16.1. The lowest BCUT2D eigenvalue weighted by molar-refractivity contribution is -0.116. The van der Waals surface area contributed by atoms with Gasteiger partial charge in [-0.15, -0.1) is 0 Å². The molecule has 7 heteroatoms. The maximum atomic E-state index is 12.1. The zero-order valence-electron chi connectivity index (χ0n) is 18.7. The van der Waals surface area contributed by atoms with Gasteiger partial charge in [-0.05, 0) is 63.0 Å². The van der Waals surface area contributed by atoms with Crippen LogP contribution >= 0.6 is 0 Å². The molecule has 0 spiro atoms. The Kier molecular flexibility index (Phi) is 8.84. The van der Waals surface area contributed by atoms with E-state index in [1.165, 1.54) is 37.1 Å². The average Bonchev–Trinajstić information content (AvgIpc) is 3.26. The van der Waals surface area contributed by atoms with Crippen molar-refractivity contribution in [3.8, 4) is 0 Å². The normalized spacial score (nSPS) is 14.5. The van der Waals surface area contributed by atoms with Crippen LogP contribution in [-0.2, 0) is 17.9 Å². The summed E-state index contributed by atoms with van der Waals surface area (Å²) in [5.41, 5.74) is 3.40. The SMILES string of the molecule is CCNC(=NCc1ccc(CN2CCCC2)cc1)NCCC(=O)Nc1cccc(C)n1. The number of pyridine rings is 1. The minimum Gasteiger partial charge on any atom is -0.357 e. The highest BCUT2D eigenvalue weighted by molar-refractivity contribution is 5.90. The maximum Gasteiger partial charge on any atom is 0.227 e. The molecule has 166 valence electrons. The molecule has 7 nitrogen and oxygen atoms in total. The molecule has 2 aromatic rings. The van der Waals surface area contributed by atoms with Gasteiger partial charge in [-0.2, -0.15) is 0 Å². The average molecular weight is 423 g/mol. The molecular weight excluding hydrogens is 388 g/mol. The quantitative estimate of drug-likeness (QED) is 0.427. The third-order valence-electron chi connectivity index (χ3n) is 5.19. The van der Waals surface area contributed by atoms with Gasteiger partial charge in [-0.3, -0.25) is 9.69 Å². The second-order valence-corrected chi connectivity index (χ2v) is 7.88. The minimum absolute atomic E-state index is 0.0740. The number of rotatable bonds is 9. The van der Waals surface area contributed by atoms with Gasteiger partial charge in [0.15, 0.2) is 5.96 Å². The van der Waals surface area contributed by atoms with E-state index in [1.807, 2.05) is 26.0 Å². The van der Waals surface area contributed by atoms with E-state index in [1.54, 1.807) is 6.07 Å². The Morgan fingerprint density at radius 1 is 1.06 bits per heavy atom. The van der Waals surface area contributed by atoms with Gasteiger partial charge in [0, 0.05) is 31.7 Å². The standard InChI is InChI=1S/C24H34N6O/c1-3-25-24(26-14-13-23(31)29-22-8-6-7-19(2)28-22)27-17-20-9-11-21(12-10-20)18-30-15-4-5-16-30/h6-12H,3-5,13-18H2,1-2H3,(H2,25,26,27)(H,28,29,31). The predicted octanol–water partition coefficient (Wildman–Crippen LogP) is 3.07. The van der Waals surface area contributed by atoms with E-state index in [-0.39, 0.29) is 5.91 Å². The first kappa shape index (κ1) is 22.7. The van der Waals surface area contributed by atoms with Gasteiger partial charge in [-0.1, -0.05) is 30.3 Å². The van der Waals surface area contributed by atoms with Gasteiger partial charge in [0.25, 0.3) is 0 Å². The van der Waals surface area contributed by atoms with Crippen LogP contribution in [-0.4, -0.2) is 47.9 Å². The molecule has 31 heavy (non-hydrogen) atoms. The van der Waals surface area contributed by atoms with Crippen molar-refractivity contribution in [2.45, 2.75) is 46.2 Å². The zero-order valence-corrected chi connectivity index (χ0v) is 18.7. The summed E-state index contributed by atoms with van der Waals surface area (Å²) >= 11 is 0. The van der Waals surface area contributed by atoms with E-state index in [9.17, 15) is 4.79 Å². The molecular formula is C24H34N6O. The fraction of sp³-hybridized carbons (Fsp3) is 0.458. The van der Waals surface area contributed by atoms with Gasteiger partial charge < -0.3 is 16.0 Å². The molecule has 3 N–H and O–H groups in total. The summed E-state index contributed by atoms with van der Waals surface area (Å²) in [4.78, 5) is 23.6. The van der Waals surface area contributed by atoms with Gasteiger partial charge in [0.2, 0.25) is 5.91 Å². The van der Waals surface area contributed by atoms with Crippen molar-refractivity contribution in [1.82, 2.24) is 20.5 Å². The number of carbonyl (C=O) groups excluding carboxylic acids is 1. The molecule has 1 amide bonds. The fourth-order valence-electron chi connectivity index (χ4n) is 3.57. The van der Waals surface area contributed by atoms with Gasteiger partial charge >= 0.3 is 0 Å². The molecule has 0 bridgehead atoms. The first-order valence-corrected chi connectivity index (χ1v) is 11.2. The lowest BCUT2D eigenvalue weighted by atomic mass is 10.1. The number of amides is 1. The van der Waals surface area contributed by atoms with Crippen molar-refractivity contribution >= 4 is 17.7 Å². The van der Waals surface area contributed by atoms with E-state index >= 15 is 0 Å². The number of nitrogens with zero attached hydrogens (tertiary/aromatic N) is 3. The van der Waals surface area contributed by atoms with Crippen molar-refractivity contribution in [2.24, 2.45) is 4.99 Å². The van der Waals surface area contributed by atoms with Crippen molar-refractivity contribution in [3.63, 3.8) is 0 Å². The molecule has 0 atom stereocenters. The van der Waals surface area contributed by atoms with Crippen LogP contribution in [0.4, 0.5) is 5.82 Å². The van der Waals surface area contributed by atoms with Gasteiger partial charge in [0.1, 0.15) is 5.82 Å². The molecule has 0 aliphatic carbocycles. The van der Waals surface area contributed by atoms with Crippen LogP contribution < -0.4 is 16.0 Å². The number of hydrogen-bond donors (Lipinski definition) is 3. The molecule has 1 aliphatic heterocycles. The molecule has 1 saturated heterocycles. The summed E-state index contributed by atoms with van der Waals surface area (Å²) in [5, 5.41) is 9.28. The number of hydrogen-bond acceptors (Lipinski definition) is 4. The largest absolute Gasteiger partial charge is 0.357 e. The Balaban J connectivity index is 1.44. The van der Waals surface area contributed by atoms with E-state index in [4.69, 9.17) is 0 Å². The van der Waals surface area contributed by atoms with Crippen molar-refractivity contribution in [1.29, 1.82) is 0 Å². The van der Waals surface area contributed by atoms with Crippen LogP contribution in [0.3, 0.4) is 0 Å². The summed E-state index contributed by atoms with van der Waals surface area (Å²) in [5.74, 6) is 1.22. The molecule has 1 aromatic heterocycles. The smallest absolute Gasteiger partial charge is 0.227 e. The van der Waals surface area contributed by atoms with Crippen LogP contribution in [0, 0.1) is 6.92 Å². The number of aromatic nitrogens is 1. The second kappa shape index (κ2) is 12.1. The summed E-state index contributed by atoms with van der Waals surface area (Å²) in [7, 11) is 0. The highest BCUT2D eigenvalue weighted by Crippen LogP contribution is 2.13. The molecule has 1 fully saturated rings. The molecule has 3 rings (SSSR count). The molecule has 1 aromatic carbocycles. The molecule has 2 heterocycles. The van der Waals surface area contributed by atoms with Crippen molar-refractivity contribution in [2.75, 3.05) is 31.5 Å². The number of aryl methyl sites for hydroxylation is 1. The number of carbonyl (C=O) groups is 1. The highest BCUT2D eigenvalue weighted by Gasteiger charge is 2.11. The topological polar surface area (TPSA) is 81.7 Å². The minimum atomic E-state index is -0.0740. The Morgan fingerprint density at radius 3 is 2.52 bits per heavy atom. The number of benzene rings is 1. The number of anilines is 1. The van der Waals surface area contributed by atoms with Crippen LogP contribution in [0.15, 0.2) is 47.5 Å². The summed E-state index contributed by atoms with van der Waals surface area (Å²) in [6, 6.07) is 14.3. The maximum absolute atomic E-state index is 12.1. The van der Waals surface area contributed by atoms with E-state index < -0.39 is 0 Å². The first-order valence-electron chi connectivity index (χ1n) is 11.2. The summed E-state index contributed by atoms with van der Waals surface area (Å²) < 4.78 is 0. The number of nitrogens with one attached hydrogen (secondary N) is 3. The molecule has 0 unspecified atom stereocenters. The lowest BCUT2D eigenvalue weighted by Gasteiger charge is -2.14. The fourth-order valence-corrected chi connectivity index (χ4v) is 3.57. The zero-order chi connectivity index (χ0) is 21.9. The predicted molar refractivity (Wildman–Crippen MR) is 126 cm³/mol. The van der Waals surface area contributed by atoms with Crippen molar-refractivity contribution < 1.29 is 4.79 Å². The van der Waals surface area contributed by atoms with Crippen LogP contribution in [0.25, 0.3) is 0 Å². The van der Waals surface area contributed by atoms with E-state index in [2.05, 4.69) is 55.1 Å². The number of aliphatic imine (C=N–C) groups is 1. The molecule has 1 aliphatic rings. The summed E-state index contributed by atoms with van der Waals surface area (Å²) in [6.45, 7) is 9.25. The Hall–Kier alpha value is -2.93. The number of likely N-dealkylation sites (tertiary alicyclic amines) is 1. The van der Waals surface area contributed by atoms with Crippen LogP contribution in [0.5, 0.6) is 0 Å². The monoisotopic (exact) mass is 422 g/mol. The lowest BCUT2D eigenvalue weighted by Crippen LogP contribution is -2.38. The first-order chi connectivity index (χ1) is 15.1. The Bertz CT molecular complexity index is 859. The van der Waals surface area contributed by atoms with E-state index in [0.29, 0.717) is 31.3 Å².